The second-order valence-electron chi connectivity index (χ2n) is 4.20. The minimum Gasteiger partial charge on any atom is -0.351 e. The van der Waals surface area contributed by atoms with E-state index in [1.165, 1.54) is 5.57 Å². The Kier molecular flexibility index (Phi) is 2.91. The Balaban J connectivity index is 2.36. The number of aryl methyl sites for hydroxylation is 1. The fourth-order valence-corrected chi connectivity index (χ4v) is 1.96. The highest BCUT2D eigenvalue weighted by Crippen LogP contribution is 2.21. The quantitative estimate of drug-likeness (QED) is 0.672. The molecule has 1 aliphatic heterocycles. The number of hydrogen-bond donors (Lipinski definition) is 0. The Hall–Kier alpha value is -1.82. The fourth-order valence-electron chi connectivity index (χ4n) is 1.96. The molecule has 82 valence electrons. The molecule has 16 heavy (non-hydrogen) atoms. The van der Waals surface area contributed by atoms with Crippen molar-refractivity contribution in [1.82, 2.24) is 4.98 Å². The van der Waals surface area contributed by atoms with E-state index >= 15 is 0 Å². The van der Waals surface area contributed by atoms with Crippen LogP contribution >= 0.6 is 0 Å². The number of nitrogens with zero attached hydrogens (tertiary/aromatic N) is 3. The van der Waals surface area contributed by atoms with E-state index in [0.29, 0.717) is 5.56 Å². The summed E-state index contributed by atoms with van der Waals surface area (Å²) in [5.74, 6) is 0.829. The Morgan fingerprint density at radius 1 is 1.38 bits per heavy atom. The van der Waals surface area contributed by atoms with E-state index in [0.717, 1.165) is 31.0 Å². The van der Waals surface area contributed by atoms with Gasteiger partial charge in [0.2, 0.25) is 0 Å². The molecule has 1 aromatic heterocycles. The van der Waals surface area contributed by atoms with Crippen molar-refractivity contribution in [1.29, 1.82) is 5.26 Å². The maximum Gasteiger partial charge on any atom is 0.147 e. The molecule has 1 aliphatic rings. The standard InChI is InChI=1S/C13H15N3/c1-10-4-3-7-16(9-10)13-12(8-14)6-5-11(2)15-13/h4-6H,3,7,9H2,1-2H3. The minimum atomic E-state index is 0.667. The van der Waals surface area contributed by atoms with Crippen molar-refractivity contribution in [3.63, 3.8) is 0 Å². The first kappa shape index (κ1) is 10.7. The zero-order valence-corrected chi connectivity index (χ0v) is 9.70. The highest BCUT2D eigenvalue weighted by molar-refractivity contribution is 5.55. The van der Waals surface area contributed by atoms with Crippen LogP contribution in [-0.2, 0) is 0 Å². The summed E-state index contributed by atoms with van der Waals surface area (Å²) in [7, 11) is 0. The van der Waals surface area contributed by atoms with Crippen molar-refractivity contribution in [3.8, 4) is 6.07 Å². The molecule has 0 fully saturated rings. The molecule has 0 spiro atoms. The number of aromatic nitrogens is 1. The third kappa shape index (κ3) is 2.06. The Labute approximate surface area is 96.0 Å². The van der Waals surface area contributed by atoms with Crippen molar-refractivity contribution in [2.24, 2.45) is 0 Å². The monoisotopic (exact) mass is 213 g/mol. The summed E-state index contributed by atoms with van der Waals surface area (Å²) in [6.45, 7) is 5.90. The molecule has 0 saturated carbocycles. The lowest BCUT2D eigenvalue weighted by Gasteiger charge is -2.28. The molecule has 0 aliphatic carbocycles. The van der Waals surface area contributed by atoms with Gasteiger partial charge in [-0.2, -0.15) is 5.26 Å². The molecule has 0 N–H and O–H groups in total. The highest BCUT2D eigenvalue weighted by atomic mass is 15.2. The van der Waals surface area contributed by atoms with Gasteiger partial charge in [-0.25, -0.2) is 4.98 Å². The maximum absolute atomic E-state index is 9.07. The summed E-state index contributed by atoms with van der Waals surface area (Å²) in [6.07, 6.45) is 3.28. The molecule has 0 saturated heterocycles. The highest BCUT2D eigenvalue weighted by Gasteiger charge is 2.15. The van der Waals surface area contributed by atoms with E-state index in [2.05, 4.69) is 29.0 Å². The molecule has 0 radical (unpaired) electrons. The molecule has 3 nitrogen and oxygen atoms in total. The van der Waals surface area contributed by atoms with Gasteiger partial charge in [-0.1, -0.05) is 11.6 Å². The average Bonchev–Trinajstić information content (AvgIpc) is 2.29. The summed E-state index contributed by atoms with van der Waals surface area (Å²) >= 11 is 0. The van der Waals surface area contributed by atoms with Gasteiger partial charge in [-0.3, -0.25) is 0 Å². The van der Waals surface area contributed by atoms with Crippen molar-refractivity contribution in [2.75, 3.05) is 18.0 Å². The molecule has 0 atom stereocenters. The molecular weight excluding hydrogens is 198 g/mol. The third-order valence-corrected chi connectivity index (χ3v) is 2.77. The first-order valence-corrected chi connectivity index (χ1v) is 5.49. The van der Waals surface area contributed by atoms with Gasteiger partial charge in [0.05, 0.1) is 5.56 Å². The molecule has 3 heteroatoms. The van der Waals surface area contributed by atoms with Gasteiger partial charge >= 0.3 is 0 Å². The topological polar surface area (TPSA) is 39.9 Å². The Morgan fingerprint density at radius 2 is 2.19 bits per heavy atom. The number of hydrogen-bond acceptors (Lipinski definition) is 3. The van der Waals surface area contributed by atoms with E-state index in [1.54, 1.807) is 0 Å². The van der Waals surface area contributed by atoms with E-state index in [9.17, 15) is 0 Å². The zero-order valence-electron chi connectivity index (χ0n) is 9.70. The van der Waals surface area contributed by atoms with Crippen molar-refractivity contribution in [3.05, 3.63) is 35.0 Å². The number of anilines is 1. The van der Waals surface area contributed by atoms with Crippen LogP contribution in [-0.4, -0.2) is 18.1 Å². The van der Waals surface area contributed by atoms with Crippen LogP contribution in [0.5, 0.6) is 0 Å². The minimum absolute atomic E-state index is 0.667. The summed E-state index contributed by atoms with van der Waals surface area (Å²) in [5.41, 5.74) is 2.97. The lowest BCUT2D eigenvalue weighted by atomic mass is 10.1. The average molecular weight is 213 g/mol. The maximum atomic E-state index is 9.07. The van der Waals surface area contributed by atoms with Gasteiger partial charge in [-0.15, -0.1) is 0 Å². The lowest BCUT2D eigenvalue weighted by molar-refractivity contribution is 0.774. The van der Waals surface area contributed by atoms with Crippen molar-refractivity contribution < 1.29 is 0 Å². The number of rotatable bonds is 1. The second kappa shape index (κ2) is 4.36. The van der Waals surface area contributed by atoms with Gasteiger partial charge in [0.25, 0.3) is 0 Å². The summed E-state index contributed by atoms with van der Waals surface area (Å²) in [4.78, 5) is 6.66. The first-order valence-electron chi connectivity index (χ1n) is 5.49. The van der Waals surface area contributed by atoms with Crippen LogP contribution in [0.3, 0.4) is 0 Å². The Bertz CT molecular complexity index is 469. The lowest BCUT2D eigenvalue weighted by Crippen LogP contribution is -2.30. The molecule has 2 rings (SSSR count). The first-order chi connectivity index (χ1) is 7.70. The van der Waals surface area contributed by atoms with Crippen LogP contribution in [0.2, 0.25) is 0 Å². The molecule has 0 aromatic carbocycles. The van der Waals surface area contributed by atoms with Gasteiger partial charge in [0.15, 0.2) is 0 Å². The second-order valence-corrected chi connectivity index (χ2v) is 4.20. The van der Waals surface area contributed by atoms with Crippen LogP contribution in [0, 0.1) is 18.3 Å². The number of pyridine rings is 1. The molecule has 1 aromatic rings. The smallest absolute Gasteiger partial charge is 0.147 e. The Morgan fingerprint density at radius 3 is 2.88 bits per heavy atom. The fraction of sp³-hybridized carbons (Fsp3) is 0.385. The van der Waals surface area contributed by atoms with E-state index in [-0.39, 0.29) is 0 Å². The molecule has 0 amide bonds. The van der Waals surface area contributed by atoms with Crippen molar-refractivity contribution in [2.45, 2.75) is 20.3 Å². The van der Waals surface area contributed by atoms with E-state index in [4.69, 9.17) is 5.26 Å². The molecule has 2 heterocycles. The largest absolute Gasteiger partial charge is 0.351 e. The van der Waals surface area contributed by atoms with Crippen LogP contribution in [0.4, 0.5) is 5.82 Å². The van der Waals surface area contributed by atoms with Crippen molar-refractivity contribution >= 4 is 5.82 Å². The summed E-state index contributed by atoms with van der Waals surface area (Å²) in [5, 5.41) is 9.07. The normalized spacial score (nSPS) is 15.6. The summed E-state index contributed by atoms with van der Waals surface area (Å²) < 4.78 is 0. The molecule has 0 unspecified atom stereocenters. The molecule has 0 bridgehead atoms. The summed E-state index contributed by atoms with van der Waals surface area (Å²) in [6, 6.07) is 5.95. The van der Waals surface area contributed by atoms with Gasteiger partial charge in [0.1, 0.15) is 11.9 Å². The predicted octanol–water partition coefficient (Wildman–Crippen LogP) is 2.42. The molecular formula is C13H15N3. The van der Waals surface area contributed by atoms with Gasteiger partial charge in [0, 0.05) is 18.8 Å². The predicted molar refractivity (Wildman–Crippen MR) is 64.3 cm³/mol. The van der Waals surface area contributed by atoms with E-state index < -0.39 is 0 Å². The SMILES string of the molecule is CC1=CCCN(c2nc(C)ccc2C#N)C1. The van der Waals surface area contributed by atoms with Gasteiger partial charge in [-0.05, 0) is 32.4 Å². The van der Waals surface area contributed by atoms with Crippen LogP contribution < -0.4 is 4.90 Å². The van der Waals surface area contributed by atoms with Gasteiger partial charge < -0.3 is 4.90 Å². The van der Waals surface area contributed by atoms with Crippen LogP contribution in [0.1, 0.15) is 24.6 Å². The van der Waals surface area contributed by atoms with Crippen LogP contribution in [0.15, 0.2) is 23.8 Å². The number of nitriles is 1. The van der Waals surface area contributed by atoms with Crippen LogP contribution in [0.25, 0.3) is 0 Å². The third-order valence-electron chi connectivity index (χ3n) is 2.77. The zero-order chi connectivity index (χ0) is 11.5. The van der Waals surface area contributed by atoms with E-state index in [1.807, 2.05) is 19.1 Å².